The number of hydrogen-bond acceptors (Lipinski definition) is 3. The van der Waals surface area contributed by atoms with Crippen LogP contribution in [0.15, 0.2) is 36.4 Å². The first-order valence-corrected chi connectivity index (χ1v) is 9.37. The topological polar surface area (TPSA) is 45.2 Å². The number of rotatable bonds is 2. The third-order valence-corrected chi connectivity index (χ3v) is 5.82. The lowest BCUT2D eigenvalue weighted by Gasteiger charge is -2.23. The van der Waals surface area contributed by atoms with Crippen molar-refractivity contribution in [1.29, 1.82) is 0 Å². The number of likely N-dealkylation sites (N-methyl/N-ethyl adjacent to an activating group) is 1. The van der Waals surface area contributed by atoms with Gasteiger partial charge in [0.25, 0.3) is 0 Å². The third kappa shape index (κ3) is 3.98. The Hall–Kier alpha value is -2.12. The number of benzene rings is 1. The number of hydrogen-bond donors (Lipinski definition) is 1. The first kappa shape index (κ1) is 21.6. The van der Waals surface area contributed by atoms with E-state index in [2.05, 4.69) is 10.3 Å². The van der Waals surface area contributed by atoms with E-state index in [0.717, 1.165) is 54.9 Å². The molecule has 3 heterocycles. The summed E-state index contributed by atoms with van der Waals surface area (Å²) >= 11 is 0. The van der Waals surface area contributed by atoms with Gasteiger partial charge in [0, 0.05) is 19.3 Å². The van der Waals surface area contributed by atoms with Gasteiger partial charge in [-0.05, 0) is 61.6 Å². The zero-order valence-corrected chi connectivity index (χ0v) is 17.0. The van der Waals surface area contributed by atoms with Crippen LogP contribution in [0.3, 0.4) is 0 Å². The molecule has 2 aliphatic heterocycles. The standard InChI is InChI=1S/C21H22F3N3O.ClH/c1-13-11-15(14-3-5-16(6-4-14)21(22,23)24)12-18(25-13)17-7-8-20(26-17)9-10-27(2)19(20)28;/h3-6,11-12,17,26H,7-10H2,1-2H3;1H/t17-,20-;/m1./s1. The van der Waals surface area contributed by atoms with Crippen LogP contribution in [0.5, 0.6) is 0 Å². The minimum atomic E-state index is -4.35. The Kier molecular flexibility index (Phi) is 5.66. The van der Waals surface area contributed by atoms with Crippen molar-refractivity contribution in [3.8, 4) is 11.1 Å². The van der Waals surface area contributed by atoms with Gasteiger partial charge in [-0.1, -0.05) is 12.1 Å². The monoisotopic (exact) mass is 425 g/mol. The number of alkyl halides is 3. The van der Waals surface area contributed by atoms with E-state index in [9.17, 15) is 18.0 Å². The third-order valence-electron chi connectivity index (χ3n) is 5.82. The van der Waals surface area contributed by atoms with Crippen LogP contribution < -0.4 is 5.32 Å². The molecule has 8 heteroatoms. The number of halogens is 4. The highest BCUT2D eigenvalue weighted by Gasteiger charge is 2.50. The predicted octanol–water partition coefficient (Wildman–Crippen LogP) is 4.52. The van der Waals surface area contributed by atoms with Gasteiger partial charge in [-0.15, -0.1) is 12.4 Å². The summed E-state index contributed by atoms with van der Waals surface area (Å²) in [7, 11) is 1.82. The van der Waals surface area contributed by atoms with Crippen LogP contribution in [0.4, 0.5) is 13.2 Å². The van der Waals surface area contributed by atoms with E-state index in [1.165, 1.54) is 12.1 Å². The average Bonchev–Trinajstić information content (AvgIpc) is 3.21. The number of aryl methyl sites for hydroxylation is 1. The van der Waals surface area contributed by atoms with E-state index in [-0.39, 0.29) is 24.4 Å². The molecule has 2 aliphatic rings. The van der Waals surface area contributed by atoms with Crippen LogP contribution in [0.2, 0.25) is 0 Å². The summed E-state index contributed by atoms with van der Waals surface area (Å²) in [6, 6.07) is 8.91. The maximum absolute atomic E-state index is 12.8. The molecule has 4 rings (SSSR count). The molecule has 0 aliphatic carbocycles. The second-order valence-electron chi connectivity index (χ2n) is 7.79. The molecule has 2 aromatic rings. The highest BCUT2D eigenvalue weighted by atomic mass is 35.5. The van der Waals surface area contributed by atoms with Gasteiger partial charge in [0.05, 0.1) is 17.3 Å². The van der Waals surface area contributed by atoms with Gasteiger partial charge in [0.2, 0.25) is 5.91 Å². The first-order valence-electron chi connectivity index (χ1n) is 9.37. The molecule has 1 spiro atoms. The fourth-order valence-corrected chi connectivity index (χ4v) is 4.28. The summed E-state index contributed by atoms with van der Waals surface area (Å²) in [4.78, 5) is 18.9. The maximum atomic E-state index is 12.8. The van der Waals surface area contributed by atoms with E-state index in [1.54, 1.807) is 4.90 Å². The van der Waals surface area contributed by atoms with Crippen LogP contribution in [0, 0.1) is 6.92 Å². The smallest absolute Gasteiger partial charge is 0.344 e. The molecule has 1 amide bonds. The summed E-state index contributed by atoms with van der Waals surface area (Å²) in [5, 5.41) is 3.50. The van der Waals surface area contributed by atoms with E-state index >= 15 is 0 Å². The van der Waals surface area contributed by atoms with E-state index in [0.29, 0.717) is 5.56 Å². The van der Waals surface area contributed by atoms with Gasteiger partial charge in [-0.2, -0.15) is 13.2 Å². The van der Waals surface area contributed by atoms with Crippen molar-refractivity contribution in [2.24, 2.45) is 0 Å². The number of likely N-dealkylation sites (tertiary alicyclic amines) is 1. The number of carbonyl (C=O) groups is 1. The fraction of sp³-hybridized carbons (Fsp3) is 0.429. The van der Waals surface area contributed by atoms with Gasteiger partial charge in [-0.25, -0.2) is 0 Å². The molecule has 1 N–H and O–H groups in total. The average molecular weight is 426 g/mol. The Labute approximate surface area is 173 Å². The van der Waals surface area contributed by atoms with Crippen molar-refractivity contribution < 1.29 is 18.0 Å². The number of nitrogens with one attached hydrogen (secondary N) is 1. The lowest BCUT2D eigenvalue weighted by atomic mass is 9.96. The van der Waals surface area contributed by atoms with Crippen molar-refractivity contribution in [3.05, 3.63) is 53.3 Å². The zero-order valence-electron chi connectivity index (χ0n) is 16.2. The summed E-state index contributed by atoms with van der Waals surface area (Å²) in [5.41, 5.74) is 2.00. The van der Waals surface area contributed by atoms with E-state index in [4.69, 9.17) is 0 Å². The molecule has 1 aromatic carbocycles. The van der Waals surface area contributed by atoms with Crippen molar-refractivity contribution in [2.75, 3.05) is 13.6 Å². The number of amides is 1. The molecule has 2 fully saturated rings. The van der Waals surface area contributed by atoms with Crippen LogP contribution in [-0.2, 0) is 11.0 Å². The second-order valence-corrected chi connectivity index (χ2v) is 7.79. The quantitative estimate of drug-likeness (QED) is 0.769. The van der Waals surface area contributed by atoms with E-state index < -0.39 is 17.3 Å². The van der Waals surface area contributed by atoms with E-state index in [1.807, 2.05) is 26.1 Å². The summed E-state index contributed by atoms with van der Waals surface area (Å²) in [6.45, 7) is 2.62. The zero-order chi connectivity index (χ0) is 20.1. The second kappa shape index (κ2) is 7.61. The van der Waals surface area contributed by atoms with Crippen molar-refractivity contribution in [2.45, 2.75) is 43.9 Å². The molecule has 2 atom stereocenters. The Morgan fingerprint density at radius 2 is 1.83 bits per heavy atom. The minimum absolute atomic E-state index is 0. The first-order chi connectivity index (χ1) is 13.2. The summed E-state index contributed by atoms with van der Waals surface area (Å²) in [6.07, 6.45) is -1.98. The van der Waals surface area contributed by atoms with Gasteiger partial charge in [-0.3, -0.25) is 15.1 Å². The lowest BCUT2D eigenvalue weighted by Crippen LogP contribution is -2.47. The summed E-state index contributed by atoms with van der Waals surface area (Å²) < 4.78 is 38.4. The molecule has 1 aromatic heterocycles. The number of pyridine rings is 1. The molecule has 0 radical (unpaired) electrons. The normalized spacial score (nSPS) is 24.2. The predicted molar refractivity (Wildman–Crippen MR) is 107 cm³/mol. The van der Waals surface area contributed by atoms with Crippen LogP contribution in [0.1, 0.15) is 42.3 Å². The van der Waals surface area contributed by atoms with Gasteiger partial charge in [0.15, 0.2) is 0 Å². The Balaban J connectivity index is 0.00000240. The molecule has 0 bridgehead atoms. The Morgan fingerprint density at radius 3 is 2.41 bits per heavy atom. The molecule has 156 valence electrons. The van der Waals surface area contributed by atoms with Gasteiger partial charge in [0.1, 0.15) is 5.54 Å². The van der Waals surface area contributed by atoms with Gasteiger partial charge >= 0.3 is 6.18 Å². The Morgan fingerprint density at radius 1 is 1.14 bits per heavy atom. The molecular weight excluding hydrogens is 403 g/mol. The fourth-order valence-electron chi connectivity index (χ4n) is 4.28. The summed E-state index contributed by atoms with van der Waals surface area (Å²) in [5.74, 6) is 0.130. The SMILES string of the molecule is Cc1cc(-c2ccc(C(F)(F)F)cc2)cc([C@H]2CC[C@]3(CCN(C)C3=O)N2)n1.Cl. The van der Waals surface area contributed by atoms with Crippen molar-refractivity contribution >= 4 is 18.3 Å². The van der Waals surface area contributed by atoms with Crippen molar-refractivity contribution in [1.82, 2.24) is 15.2 Å². The van der Waals surface area contributed by atoms with Gasteiger partial charge < -0.3 is 4.90 Å². The number of carbonyl (C=O) groups excluding carboxylic acids is 1. The van der Waals surface area contributed by atoms with Crippen LogP contribution in [0.25, 0.3) is 11.1 Å². The molecule has 0 unspecified atom stereocenters. The minimum Gasteiger partial charge on any atom is -0.344 e. The number of aromatic nitrogens is 1. The van der Waals surface area contributed by atoms with Crippen molar-refractivity contribution in [3.63, 3.8) is 0 Å². The lowest BCUT2D eigenvalue weighted by molar-refractivity contribution is -0.137. The highest BCUT2D eigenvalue weighted by molar-refractivity contribution is 5.88. The maximum Gasteiger partial charge on any atom is 0.416 e. The molecule has 0 saturated carbocycles. The largest absolute Gasteiger partial charge is 0.416 e. The van der Waals surface area contributed by atoms with Crippen LogP contribution >= 0.6 is 12.4 Å². The highest BCUT2D eigenvalue weighted by Crippen LogP contribution is 2.39. The van der Waals surface area contributed by atoms with Crippen LogP contribution in [-0.4, -0.2) is 34.9 Å². The molecule has 29 heavy (non-hydrogen) atoms. The molecule has 4 nitrogen and oxygen atoms in total. The molecular formula is C21H23ClF3N3O. The Bertz CT molecular complexity index is 916. The molecule has 2 saturated heterocycles. The number of nitrogens with zero attached hydrogens (tertiary/aromatic N) is 2.